The molecular weight excluding hydrogens is 428 g/mol. The van der Waals surface area contributed by atoms with E-state index < -0.39 is 0 Å². The monoisotopic (exact) mass is 454 g/mol. The predicted molar refractivity (Wildman–Crippen MR) is 134 cm³/mol. The maximum absolute atomic E-state index is 14.3. The number of likely N-dealkylation sites (N-methyl/N-ethyl adjacent to an activating group) is 1. The van der Waals surface area contributed by atoms with E-state index in [0.717, 1.165) is 41.5 Å². The van der Waals surface area contributed by atoms with Crippen molar-refractivity contribution >= 4 is 22.9 Å². The zero-order chi connectivity index (χ0) is 22.5. The Kier molecular flexibility index (Phi) is 4.93. The third-order valence-corrected chi connectivity index (χ3v) is 7.77. The van der Waals surface area contributed by atoms with Crippen LogP contribution in [0.2, 0.25) is 0 Å². The number of hydrogen-bond acceptors (Lipinski definition) is 4. The van der Waals surface area contributed by atoms with Crippen molar-refractivity contribution in [2.24, 2.45) is 0 Å². The normalized spacial score (nSPS) is 20.0. The van der Waals surface area contributed by atoms with E-state index in [9.17, 15) is 4.79 Å². The molecule has 1 amide bonds. The number of thiophene rings is 1. The minimum Gasteiger partial charge on any atom is -0.306 e. The number of rotatable bonds is 3. The van der Waals surface area contributed by atoms with Crippen LogP contribution in [0.4, 0.5) is 5.69 Å². The van der Waals surface area contributed by atoms with E-state index in [1.807, 2.05) is 58.7 Å². The maximum Gasteiger partial charge on any atom is 0.262 e. The Hall–Kier alpha value is -3.22. The average molecular weight is 455 g/mol. The van der Waals surface area contributed by atoms with E-state index in [4.69, 9.17) is 5.10 Å². The van der Waals surface area contributed by atoms with Crippen LogP contribution in [-0.2, 0) is 0 Å². The van der Waals surface area contributed by atoms with Crippen LogP contribution in [-0.4, -0.2) is 46.8 Å². The van der Waals surface area contributed by atoms with Gasteiger partial charge in [0.15, 0.2) is 0 Å². The first-order valence-electron chi connectivity index (χ1n) is 11.4. The van der Waals surface area contributed by atoms with Gasteiger partial charge in [-0.1, -0.05) is 42.0 Å². The molecular formula is C27H26N4OS. The first-order valence-corrected chi connectivity index (χ1v) is 12.3. The molecule has 0 unspecified atom stereocenters. The molecule has 33 heavy (non-hydrogen) atoms. The van der Waals surface area contributed by atoms with Crippen LogP contribution in [0.3, 0.4) is 0 Å². The SMILES string of the molecule is Cc1ccc2c(c1)[C@@H]1CN(C)CC[C@@H]1N2C(=O)c1cn(-c2ccccc2)nc1-c1cccs1. The molecule has 2 aromatic carbocycles. The summed E-state index contributed by atoms with van der Waals surface area (Å²) in [5.41, 5.74) is 5.96. The van der Waals surface area contributed by atoms with Gasteiger partial charge in [-0.15, -0.1) is 11.3 Å². The molecule has 2 atom stereocenters. The molecule has 2 aliphatic rings. The fourth-order valence-electron chi connectivity index (χ4n) is 5.31. The number of hydrogen-bond donors (Lipinski definition) is 0. The van der Waals surface area contributed by atoms with Crippen molar-refractivity contribution in [3.8, 4) is 16.3 Å². The molecule has 4 heterocycles. The number of anilines is 1. The predicted octanol–water partition coefficient (Wildman–Crippen LogP) is 5.36. The highest BCUT2D eigenvalue weighted by molar-refractivity contribution is 7.13. The molecule has 2 aromatic heterocycles. The van der Waals surface area contributed by atoms with Gasteiger partial charge in [0.25, 0.3) is 5.91 Å². The van der Waals surface area contributed by atoms with E-state index in [1.54, 1.807) is 11.3 Å². The molecule has 1 saturated heterocycles. The van der Waals surface area contributed by atoms with E-state index >= 15 is 0 Å². The average Bonchev–Trinajstić information content (AvgIpc) is 3.56. The Bertz CT molecular complexity index is 1310. The molecule has 0 radical (unpaired) electrons. The number of likely N-dealkylation sites (tertiary alicyclic amines) is 1. The number of aryl methyl sites for hydroxylation is 1. The van der Waals surface area contributed by atoms with Gasteiger partial charge in [0.05, 0.1) is 16.1 Å². The Balaban J connectivity index is 1.48. The lowest BCUT2D eigenvalue weighted by Crippen LogP contribution is -2.47. The van der Waals surface area contributed by atoms with Crippen LogP contribution >= 0.6 is 11.3 Å². The number of amides is 1. The number of para-hydroxylation sites is 1. The first kappa shape index (κ1) is 20.4. The fraction of sp³-hybridized carbons (Fsp3) is 0.259. The van der Waals surface area contributed by atoms with Crippen LogP contribution in [0.25, 0.3) is 16.3 Å². The fourth-order valence-corrected chi connectivity index (χ4v) is 6.04. The van der Waals surface area contributed by atoms with E-state index in [1.165, 1.54) is 11.1 Å². The number of piperidine rings is 1. The van der Waals surface area contributed by atoms with Gasteiger partial charge in [0.2, 0.25) is 0 Å². The van der Waals surface area contributed by atoms with Crippen LogP contribution < -0.4 is 4.90 Å². The summed E-state index contributed by atoms with van der Waals surface area (Å²) < 4.78 is 1.83. The summed E-state index contributed by atoms with van der Waals surface area (Å²) in [6.07, 6.45) is 2.88. The highest BCUT2D eigenvalue weighted by Gasteiger charge is 2.44. The van der Waals surface area contributed by atoms with Crippen molar-refractivity contribution in [1.82, 2.24) is 14.7 Å². The van der Waals surface area contributed by atoms with Crippen LogP contribution in [0.5, 0.6) is 0 Å². The van der Waals surface area contributed by atoms with Gasteiger partial charge in [-0.3, -0.25) is 4.79 Å². The minimum atomic E-state index is 0.0442. The summed E-state index contributed by atoms with van der Waals surface area (Å²) in [4.78, 5) is 19.7. The smallest absolute Gasteiger partial charge is 0.262 e. The van der Waals surface area contributed by atoms with Crippen LogP contribution in [0.1, 0.15) is 33.8 Å². The van der Waals surface area contributed by atoms with Crippen LogP contribution in [0.15, 0.2) is 72.2 Å². The molecule has 6 heteroatoms. The zero-order valence-corrected chi connectivity index (χ0v) is 19.6. The number of carbonyl (C=O) groups is 1. The van der Waals surface area contributed by atoms with Crippen molar-refractivity contribution in [3.63, 3.8) is 0 Å². The quantitative estimate of drug-likeness (QED) is 0.419. The van der Waals surface area contributed by atoms with Gasteiger partial charge in [-0.05, 0) is 62.1 Å². The molecule has 0 aliphatic carbocycles. The van der Waals surface area contributed by atoms with Crippen molar-refractivity contribution in [3.05, 3.63) is 88.9 Å². The second kappa shape index (κ2) is 7.97. The Morgan fingerprint density at radius 3 is 2.73 bits per heavy atom. The number of nitrogens with zero attached hydrogens (tertiary/aromatic N) is 4. The van der Waals surface area contributed by atoms with E-state index in [0.29, 0.717) is 11.5 Å². The first-order chi connectivity index (χ1) is 16.1. The maximum atomic E-state index is 14.3. The summed E-state index contributed by atoms with van der Waals surface area (Å²) in [5, 5.41) is 6.91. The molecule has 0 N–H and O–H groups in total. The summed E-state index contributed by atoms with van der Waals surface area (Å²) in [7, 11) is 2.18. The third-order valence-electron chi connectivity index (χ3n) is 6.89. The highest BCUT2D eigenvalue weighted by atomic mass is 32.1. The van der Waals surface area contributed by atoms with Gasteiger partial charge < -0.3 is 9.80 Å². The Labute approximate surface area is 197 Å². The Morgan fingerprint density at radius 1 is 1.09 bits per heavy atom. The van der Waals surface area contributed by atoms with Crippen molar-refractivity contribution in [1.29, 1.82) is 0 Å². The van der Waals surface area contributed by atoms with Crippen molar-refractivity contribution < 1.29 is 4.79 Å². The molecule has 4 aromatic rings. The van der Waals surface area contributed by atoms with Gasteiger partial charge in [0, 0.05) is 30.4 Å². The zero-order valence-electron chi connectivity index (χ0n) is 18.8. The molecule has 6 rings (SSSR count). The lowest BCUT2D eigenvalue weighted by molar-refractivity contribution is 0.0965. The molecule has 0 saturated carbocycles. The minimum absolute atomic E-state index is 0.0442. The van der Waals surface area contributed by atoms with Crippen LogP contribution in [0, 0.1) is 6.92 Å². The standard InChI is InChI=1S/C27H26N4OS/c1-18-10-11-23-20(15-18)21-16-29(2)13-12-24(21)31(23)27(32)22-17-30(19-7-4-3-5-8-19)28-26(22)25-9-6-14-33-25/h3-11,14-15,17,21,24H,12-13,16H2,1-2H3/t21-,24-/m0/s1. The van der Waals surface area contributed by atoms with Crippen molar-refractivity contribution in [2.45, 2.75) is 25.3 Å². The van der Waals surface area contributed by atoms with Crippen molar-refractivity contribution in [2.75, 3.05) is 25.0 Å². The Morgan fingerprint density at radius 2 is 1.94 bits per heavy atom. The van der Waals surface area contributed by atoms with Gasteiger partial charge in [0.1, 0.15) is 5.69 Å². The number of carbonyl (C=O) groups excluding carboxylic acids is 1. The van der Waals surface area contributed by atoms with E-state index in [2.05, 4.69) is 42.0 Å². The summed E-state index contributed by atoms with van der Waals surface area (Å²) in [6, 6.07) is 20.8. The molecule has 0 bridgehead atoms. The molecule has 166 valence electrons. The second-order valence-corrected chi connectivity index (χ2v) is 10.1. The molecule has 1 fully saturated rings. The van der Waals surface area contributed by atoms with Gasteiger partial charge >= 0.3 is 0 Å². The number of aromatic nitrogens is 2. The second-order valence-electron chi connectivity index (χ2n) is 9.11. The number of fused-ring (bicyclic) bond motifs is 3. The lowest BCUT2D eigenvalue weighted by atomic mass is 9.88. The lowest BCUT2D eigenvalue weighted by Gasteiger charge is -2.36. The summed E-state index contributed by atoms with van der Waals surface area (Å²) in [5.74, 6) is 0.389. The summed E-state index contributed by atoms with van der Waals surface area (Å²) >= 11 is 1.62. The topological polar surface area (TPSA) is 41.4 Å². The molecule has 2 aliphatic heterocycles. The van der Waals surface area contributed by atoms with Gasteiger partial charge in [-0.25, -0.2) is 4.68 Å². The largest absolute Gasteiger partial charge is 0.306 e. The van der Waals surface area contributed by atoms with Gasteiger partial charge in [-0.2, -0.15) is 5.10 Å². The molecule has 5 nitrogen and oxygen atoms in total. The molecule has 0 spiro atoms. The summed E-state index contributed by atoms with van der Waals surface area (Å²) in [6.45, 7) is 4.11. The highest BCUT2D eigenvalue weighted by Crippen LogP contribution is 2.46. The number of benzene rings is 2. The third kappa shape index (κ3) is 3.41. The van der Waals surface area contributed by atoms with E-state index in [-0.39, 0.29) is 11.9 Å².